The minimum Gasteiger partial charge on any atom is -0.480 e. The van der Waals surface area contributed by atoms with E-state index in [9.17, 15) is 18.4 Å². The van der Waals surface area contributed by atoms with E-state index in [4.69, 9.17) is 16.7 Å². The first-order valence-corrected chi connectivity index (χ1v) is 7.17. The molecule has 2 atom stereocenters. The Labute approximate surface area is 132 Å². The molecular weight excluding hydrogens is 316 g/mol. The molecule has 4 nitrogen and oxygen atoms in total. The van der Waals surface area contributed by atoms with Gasteiger partial charge in [0.1, 0.15) is 6.04 Å². The number of rotatable bonds is 7. The SMILES string of the molecule is CC(C)C(C(=O)NC(CC(F)F)C(=O)O)c1cccc(Cl)c1. The number of aliphatic carboxylic acids is 1. The van der Waals surface area contributed by atoms with Crippen LogP contribution < -0.4 is 5.32 Å². The minimum atomic E-state index is -2.81. The summed E-state index contributed by atoms with van der Waals surface area (Å²) in [4.78, 5) is 23.3. The van der Waals surface area contributed by atoms with Crippen molar-refractivity contribution in [3.63, 3.8) is 0 Å². The zero-order valence-electron chi connectivity index (χ0n) is 12.2. The Balaban J connectivity index is 2.96. The van der Waals surface area contributed by atoms with Crippen LogP contribution in [-0.2, 0) is 9.59 Å². The molecule has 0 aliphatic heterocycles. The van der Waals surface area contributed by atoms with Crippen molar-refractivity contribution < 1.29 is 23.5 Å². The maximum atomic E-state index is 12.4. The van der Waals surface area contributed by atoms with Crippen LogP contribution >= 0.6 is 11.6 Å². The number of hydrogen-bond donors (Lipinski definition) is 2. The fraction of sp³-hybridized carbons (Fsp3) is 0.467. The summed E-state index contributed by atoms with van der Waals surface area (Å²) in [5, 5.41) is 11.6. The Morgan fingerprint density at radius 3 is 2.41 bits per heavy atom. The van der Waals surface area contributed by atoms with Crippen molar-refractivity contribution in [3.8, 4) is 0 Å². The van der Waals surface area contributed by atoms with E-state index in [1.807, 2.05) is 0 Å². The molecular formula is C15H18ClF2NO3. The molecule has 0 aromatic heterocycles. The second kappa shape index (κ2) is 8.08. The molecule has 0 spiro atoms. The average Bonchev–Trinajstić information content (AvgIpc) is 2.36. The summed E-state index contributed by atoms with van der Waals surface area (Å²) in [6.07, 6.45) is -3.74. The van der Waals surface area contributed by atoms with E-state index in [2.05, 4.69) is 5.32 Å². The minimum absolute atomic E-state index is 0.153. The van der Waals surface area contributed by atoms with Crippen molar-refractivity contribution >= 4 is 23.5 Å². The predicted octanol–water partition coefficient (Wildman–Crippen LogP) is 3.30. The average molecular weight is 334 g/mol. The van der Waals surface area contributed by atoms with Crippen molar-refractivity contribution in [1.29, 1.82) is 0 Å². The van der Waals surface area contributed by atoms with Crippen molar-refractivity contribution in [1.82, 2.24) is 5.32 Å². The van der Waals surface area contributed by atoms with E-state index < -0.39 is 36.7 Å². The van der Waals surface area contributed by atoms with Crippen molar-refractivity contribution in [2.24, 2.45) is 5.92 Å². The van der Waals surface area contributed by atoms with Crippen LogP contribution in [0.25, 0.3) is 0 Å². The summed E-state index contributed by atoms with van der Waals surface area (Å²) in [6, 6.07) is 5.01. The summed E-state index contributed by atoms with van der Waals surface area (Å²) in [5.74, 6) is -2.91. The second-order valence-corrected chi connectivity index (χ2v) is 5.74. The number of alkyl halides is 2. The molecule has 122 valence electrons. The lowest BCUT2D eigenvalue weighted by molar-refractivity contribution is -0.143. The molecule has 1 aromatic carbocycles. The van der Waals surface area contributed by atoms with E-state index in [-0.39, 0.29) is 5.92 Å². The summed E-state index contributed by atoms with van der Waals surface area (Å²) in [6.45, 7) is 3.57. The molecule has 1 aromatic rings. The van der Waals surface area contributed by atoms with Gasteiger partial charge in [0.05, 0.1) is 5.92 Å². The fourth-order valence-electron chi connectivity index (χ4n) is 2.20. The van der Waals surface area contributed by atoms with Crippen LogP contribution in [0.4, 0.5) is 8.78 Å². The second-order valence-electron chi connectivity index (χ2n) is 5.30. The first-order valence-electron chi connectivity index (χ1n) is 6.79. The molecule has 7 heteroatoms. The maximum absolute atomic E-state index is 12.4. The number of carbonyl (C=O) groups is 2. The van der Waals surface area contributed by atoms with E-state index >= 15 is 0 Å². The summed E-state index contributed by atoms with van der Waals surface area (Å²) in [7, 11) is 0. The summed E-state index contributed by atoms with van der Waals surface area (Å²) >= 11 is 5.90. The van der Waals surface area contributed by atoms with Gasteiger partial charge in [0, 0.05) is 11.4 Å². The molecule has 0 bridgehead atoms. The van der Waals surface area contributed by atoms with Gasteiger partial charge in [-0.3, -0.25) is 4.79 Å². The van der Waals surface area contributed by atoms with Gasteiger partial charge in [0.15, 0.2) is 0 Å². The molecule has 0 fully saturated rings. The largest absolute Gasteiger partial charge is 0.480 e. The van der Waals surface area contributed by atoms with Crippen LogP contribution in [0.5, 0.6) is 0 Å². The molecule has 0 heterocycles. The normalized spacial score (nSPS) is 14.0. The van der Waals surface area contributed by atoms with Gasteiger partial charge in [-0.25, -0.2) is 13.6 Å². The summed E-state index contributed by atoms with van der Waals surface area (Å²) in [5.41, 5.74) is 0.612. The van der Waals surface area contributed by atoms with Crippen molar-refractivity contribution in [2.75, 3.05) is 0 Å². The third-order valence-electron chi connectivity index (χ3n) is 3.19. The highest BCUT2D eigenvalue weighted by atomic mass is 35.5. The molecule has 0 radical (unpaired) electrons. The molecule has 0 saturated heterocycles. The number of carbonyl (C=O) groups excluding carboxylic acids is 1. The Morgan fingerprint density at radius 1 is 1.32 bits per heavy atom. The number of carboxylic acids is 1. The lowest BCUT2D eigenvalue weighted by atomic mass is 9.87. The van der Waals surface area contributed by atoms with E-state index in [1.54, 1.807) is 38.1 Å². The van der Waals surface area contributed by atoms with Crippen LogP contribution in [0.3, 0.4) is 0 Å². The van der Waals surface area contributed by atoms with Gasteiger partial charge in [-0.1, -0.05) is 37.6 Å². The highest BCUT2D eigenvalue weighted by molar-refractivity contribution is 6.30. The number of benzene rings is 1. The monoisotopic (exact) mass is 333 g/mol. The number of carboxylic acid groups (broad SMARTS) is 1. The van der Waals surface area contributed by atoms with Gasteiger partial charge in [-0.05, 0) is 23.6 Å². The third kappa shape index (κ3) is 5.26. The summed E-state index contributed by atoms with van der Waals surface area (Å²) < 4.78 is 24.8. The number of nitrogens with one attached hydrogen (secondary N) is 1. The first kappa shape index (κ1) is 18.4. The highest BCUT2D eigenvalue weighted by Crippen LogP contribution is 2.27. The smallest absolute Gasteiger partial charge is 0.326 e. The van der Waals surface area contributed by atoms with Gasteiger partial charge in [0.25, 0.3) is 0 Å². The number of halogens is 3. The Morgan fingerprint density at radius 2 is 1.95 bits per heavy atom. The van der Waals surface area contributed by atoms with Gasteiger partial charge in [-0.2, -0.15) is 0 Å². The Kier molecular flexibility index (Phi) is 6.74. The Hall–Kier alpha value is -1.69. The molecule has 0 aliphatic carbocycles. The topological polar surface area (TPSA) is 66.4 Å². The molecule has 2 N–H and O–H groups in total. The Bertz CT molecular complexity index is 537. The lowest BCUT2D eigenvalue weighted by Gasteiger charge is -2.23. The van der Waals surface area contributed by atoms with Gasteiger partial charge in [0.2, 0.25) is 12.3 Å². The standard InChI is InChI=1S/C15H18ClF2NO3/c1-8(2)13(9-4-3-5-10(16)6-9)14(20)19-11(15(21)22)7-12(17)18/h3-6,8,11-13H,7H2,1-2H3,(H,19,20)(H,21,22). The van der Waals surface area contributed by atoms with E-state index in [0.29, 0.717) is 10.6 Å². The van der Waals surface area contributed by atoms with E-state index in [0.717, 1.165) is 0 Å². The lowest BCUT2D eigenvalue weighted by Crippen LogP contribution is -2.45. The molecule has 0 aliphatic rings. The molecule has 22 heavy (non-hydrogen) atoms. The maximum Gasteiger partial charge on any atom is 0.326 e. The molecule has 2 unspecified atom stereocenters. The number of hydrogen-bond acceptors (Lipinski definition) is 2. The molecule has 0 saturated carbocycles. The third-order valence-corrected chi connectivity index (χ3v) is 3.42. The van der Waals surface area contributed by atoms with Crippen molar-refractivity contribution in [2.45, 2.75) is 38.7 Å². The highest BCUT2D eigenvalue weighted by Gasteiger charge is 2.30. The first-order chi connectivity index (χ1) is 10.2. The van der Waals surface area contributed by atoms with E-state index in [1.165, 1.54) is 0 Å². The van der Waals surface area contributed by atoms with Crippen LogP contribution in [0.2, 0.25) is 5.02 Å². The van der Waals surface area contributed by atoms with Crippen LogP contribution in [-0.4, -0.2) is 29.5 Å². The van der Waals surface area contributed by atoms with Crippen molar-refractivity contribution in [3.05, 3.63) is 34.9 Å². The zero-order chi connectivity index (χ0) is 16.9. The fourth-order valence-corrected chi connectivity index (χ4v) is 2.40. The zero-order valence-corrected chi connectivity index (χ0v) is 13.0. The van der Waals surface area contributed by atoms with Gasteiger partial charge in [-0.15, -0.1) is 0 Å². The van der Waals surface area contributed by atoms with Crippen LogP contribution in [0.1, 0.15) is 31.7 Å². The van der Waals surface area contributed by atoms with Gasteiger partial charge < -0.3 is 10.4 Å². The van der Waals surface area contributed by atoms with Crippen LogP contribution in [0.15, 0.2) is 24.3 Å². The quantitative estimate of drug-likeness (QED) is 0.804. The number of amides is 1. The van der Waals surface area contributed by atoms with Gasteiger partial charge >= 0.3 is 5.97 Å². The molecule has 1 amide bonds. The predicted molar refractivity (Wildman–Crippen MR) is 79.2 cm³/mol. The molecule has 1 rings (SSSR count). The van der Waals surface area contributed by atoms with Crippen LogP contribution in [0, 0.1) is 5.92 Å².